The molecule has 0 bridgehead atoms. The van der Waals surface area contributed by atoms with Gasteiger partial charge in [0.25, 0.3) is 5.91 Å². The van der Waals surface area contributed by atoms with Crippen LogP contribution in [-0.4, -0.2) is 50.2 Å². The summed E-state index contributed by atoms with van der Waals surface area (Å²) in [7, 11) is 0. The Bertz CT molecular complexity index is 622. The molecule has 0 spiro atoms. The van der Waals surface area contributed by atoms with E-state index in [2.05, 4.69) is 47.6 Å². The molecule has 1 fully saturated rings. The third kappa shape index (κ3) is 4.95. The number of anilines is 1. The average Bonchev–Trinajstić information content (AvgIpc) is 2.56. The molecule has 0 unspecified atom stereocenters. The van der Waals surface area contributed by atoms with Crippen molar-refractivity contribution in [1.82, 2.24) is 10.6 Å². The van der Waals surface area contributed by atoms with Crippen LogP contribution >= 0.6 is 0 Å². The maximum atomic E-state index is 12.3. The minimum absolute atomic E-state index is 0.0107. The minimum Gasteiger partial charge on any atom is -0.360 e. The number of hydrogen-bond acceptors (Lipinski definition) is 3. The van der Waals surface area contributed by atoms with E-state index in [9.17, 15) is 9.59 Å². The van der Waals surface area contributed by atoms with Crippen LogP contribution in [0.5, 0.6) is 0 Å². The quantitative estimate of drug-likeness (QED) is 0.749. The largest absolute Gasteiger partial charge is 0.360 e. The van der Waals surface area contributed by atoms with Gasteiger partial charge in [0.2, 0.25) is 0 Å². The third-order valence-electron chi connectivity index (χ3n) is 4.98. The van der Waals surface area contributed by atoms with Crippen molar-refractivity contribution in [3.63, 3.8) is 0 Å². The molecule has 1 saturated heterocycles. The van der Waals surface area contributed by atoms with Crippen LogP contribution in [-0.2, 0) is 4.79 Å². The molecule has 1 aliphatic rings. The second-order valence-corrected chi connectivity index (χ2v) is 7.20. The molecular weight excluding hydrogens is 316 g/mol. The first-order valence-corrected chi connectivity index (χ1v) is 9.06. The van der Waals surface area contributed by atoms with Crippen molar-refractivity contribution in [2.75, 3.05) is 31.1 Å². The van der Waals surface area contributed by atoms with E-state index in [-0.39, 0.29) is 18.0 Å². The highest BCUT2D eigenvalue weighted by Crippen LogP contribution is 2.22. The summed E-state index contributed by atoms with van der Waals surface area (Å²) in [5.41, 5.74) is 3.91. The molecule has 6 heteroatoms. The molecule has 0 aliphatic carbocycles. The molecule has 0 aromatic heterocycles. The van der Waals surface area contributed by atoms with Crippen molar-refractivity contribution in [3.8, 4) is 0 Å². The van der Waals surface area contributed by atoms with E-state index < -0.39 is 6.03 Å². The van der Waals surface area contributed by atoms with Crippen molar-refractivity contribution < 1.29 is 14.5 Å². The lowest BCUT2D eigenvalue weighted by molar-refractivity contribution is -0.914. The summed E-state index contributed by atoms with van der Waals surface area (Å²) < 4.78 is 0. The van der Waals surface area contributed by atoms with Gasteiger partial charge in [0.05, 0.1) is 26.2 Å². The minimum atomic E-state index is -0.416. The third-order valence-corrected chi connectivity index (χ3v) is 4.98. The maximum absolute atomic E-state index is 12.3. The molecular formula is C19H31N4O2+. The Balaban J connectivity index is 1.89. The molecule has 1 aromatic rings. The van der Waals surface area contributed by atoms with E-state index in [0.29, 0.717) is 0 Å². The summed E-state index contributed by atoms with van der Waals surface area (Å²) >= 11 is 0. The number of piperazine rings is 1. The molecule has 6 nitrogen and oxygen atoms in total. The van der Waals surface area contributed by atoms with E-state index in [4.69, 9.17) is 0 Å². The van der Waals surface area contributed by atoms with Gasteiger partial charge in [0.15, 0.2) is 6.04 Å². The normalized spacial score (nSPS) is 16.6. The molecule has 1 aromatic carbocycles. The Hall–Kier alpha value is -2.08. The van der Waals surface area contributed by atoms with E-state index in [1.165, 1.54) is 21.7 Å². The zero-order chi connectivity index (χ0) is 18.6. The number of benzene rings is 1. The number of imide groups is 1. The molecule has 0 saturated carbocycles. The first kappa shape index (κ1) is 19.2. The van der Waals surface area contributed by atoms with E-state index >= 15 is 0 Å². The topological polar surface area (TPSA) is 65.9 Å². The van der Waals surface area contributed by atoms with Crippen molar-refractivity contribution in [2.24, 2.45) is 0 Å². The maximum Gasteiger partial charge on any atom is 0.321 e. The van der Waals surface area contributed by atoms with Crippen LogP contribution in [0.4, 0.5) is 10.5 Å². The monoisotopic (exact) mass is 347 g/mol. The number of urea groups is 1. The predicted octanol–water partition coefficient (Wildman–Crippen LogP) is 0.631. The highest BCUT2D eigenvalue weighted by molar-refractivity contribution is 5.96. The summed E-state index contributed by atoms with van der Waals surface area (Å²) in [5, 5.41) is 5.13. The molecule has 1 heterocycles. The first-order chi connectivity index (χ1) is 11.8. The SMILES string of the molecule is Cc1cccc(N2CC[NH+]([C@@H](C)C(=O)NC(=O)NC(C)C)CC2)c1C. The van der Waals surface area contributed by atoms with Crippen LogP contribution in [0.25, 0.3) is 0 Å². The predicted molar refractivity (Wildman–Crippen MR) is 100 cm³/mol. The van der Waals surface area contributed by atoms with Gasteiger partial charge < -0.3 is 15.1 Å². The van der Waals surface area contributed by atoms with Crippen LogP contribution in [0.1, 0.15) is 31.9 Å². The Morgan fingerprint density at radius 2 is 1.76 bits per heavy atom. The molecule has 0 radical (unpaired) electrons. The van der Waals surface area contributed by atoms with Crippen LogP contribution in [0.2, 0.25) is 0 Å². The van der Waals surface area contributed by atoms with E-state index in [1.54, 1.807) is 0 Å². The summed E-state index contributed by atoms with van der Waals surface area (Å²) in [6.45, 7) is 13.5. The Morgan fingerprint density at radius 3 is 2.36 bits per heavy atom. The average molecular weight is 347 g/mol. The standard InChI is InChI=1S/C19H30N4O2/c1-13(2)20-19(25)21-18(24)16(5)22-9-11-23(12-10-22)17-8-6-7-14(3)15(17)4/h6-8,13,16H,9-12H2,1-5H3,(H2,20,21,24,25)/p+1/t16-/m0/s1. The number of aryl methyl sites for hydroxylation is 1. The Kier molecular flexibility index (Phi) is 6.42. The lowest BCUT2D eigenvalue weighted by Crippen LogP contribution is -3.19. The van der Waals surface area contributed by atoms with Crippen LogP contribution in [0.3, 0.4) is 0 Å². The number of carbonyl (C=O) groups is 2. The van der Waals surface area contributed by atoms with Gasteiger partial charge in [0, 0.05) is 11.7 Å². The van der Waals surface area contributed by atoms with Crippen molar-refractivity contribution in [3.05, 3.63) is 29.3 Å². The zero-order valence-corrected chi connectivity index (χ0v) is 16.0. The van der Waals surface area contributed by atoms with Crippen molar-refractivity contribution in [2.45, 2.75) is 46.7 Å². The van der Waals surface area contributed by atoms with Crippen molar-refractivity contribution in [1.29, 1.82) is 0 Å². The fraction of sp³-hybridized carbons (Fsp3) is 0.579. The summed E-state index contributed by atoms with van der Waals surface area (Å²) in [6.07, 6.45) is 0. The van der Waals surface area contributed by atoms with Gasteiger partial charge in [-0.3, -0.25) is 10.1 Å². The fourth-order valence-electron chi connectivity index (χ4n) is 3.25. The zero-order valence-electron chi connectivity index (χ0n) is 16.0. The molecule has 1 aliphatic heterocycles. The van der Waals surface area contributed by atoms with Crippen LogP contribution in [0.15, 0.2) is 18.2 Å². The smallest absolute Gasteiger partial charge is 0.321 e. The van der Waals surface area contributed by atoms with E-state index in [0.717, 1.165) is 26.2 Å². The number of quaternary nitrogens is 1. The number of amides is 3. The number of carbonyl (C=O) groups excluding carboxylic acids is 2. The highest BCUT2D eigenvalue weighted by atomic mass is 16.2. The van der Waals surface area contributed by atoms with Gasteiger partial charge in [-0.15, -0.1) is 0 Å². The van der Waals surface area contributed by atoms with Gasteiger partial charge in [-0.1, -0.05) is 12.1 Å². The highest BCUT2D eigenvalue weighted by Gasteiger charge is 2.30. The second kappa shape index (κ2) is 8.34. The van der Waals surface area contributed by atoms with Gasteiger partial charge >= 0.3 is 6.03 Å². The number of nitrogens with one attached hydrogen (secondary N) is 3. The fourth-order valence-corrected chi connectivity index (χ4v) is 3.25. The molecule has 25 heavy (non-hydrogen) atoms. The second-order valence-electron chi connectivity index (χ2n) is 7.20. The molecule has 3 amide bonds. The summed E-state index contributed by atoms with van der Waals surface area (Å²) in [4.78, 5) is 27.6. The first-order valence-electron chi connectivity index (χ1n) is 9.06. The van der Waals surface area contributed by atoms with Crippen LogP contribution in [0, 0.1) is 13.8 Å². The van der Waals surface area contributed by atoms with E-state index in [1.807, 2.05) is 20.8 Å². The number of hydrogen-bond donors (Lipinski definition) is 3. The number of rotatable bonds is 4. The Morgan fingerprint density at radius 1 is 1.12 bits per heavy atom. The van der Waals surface area contributed by atoms with Gasteiger partial charge in [-0.2, -0.15) is 0 Å². The van der Waals surface area contributed by atoms with Crippen molar-refractivity contribution >= 4 is 17.6 Å². The molecule has 2 rings (SSSR count). The molecule has 1 atom stereocenters. The summed E-state index contributed by atoms with van der Waals surface area (Å²) in [6, 6.07) is 5.75. The molecule has 3 N–H and O–H groups in total. The number of nitrogens with zero attached hydrogens (tertiary/aromatic N) is 1. The summed E-state index contributed by atoms with van der Waals surface area (Å²) in [5.74, 6) is -0.215. The van der Waals surface area contributed by atoms with Gasteiger partial charge in [0.1, 0.15) is 0 Å². The molecule has 138 valence electrons. The lowest BCUT2D eigenvalue weighted by Gasteiger charge is -2.36. The van der Waals surface area contributed by atoms with Crippen LogP contribution < -0.4 is 20.4 Å². The van der Waals surface area contributed by atoms with Gasteiger partial charge in [-0.05, 0) is 51.8 Å². The van der Waals surface area contributed by atoms with Gasteiger partial charge in [-0.25, -0.2) is 4.79 Å². The lowest BCUT2D eigenvalue weighted by atomic mass is 10.1. The Labute approximate surface area is 150 Å².